The fraction of sp³-hybridized carbons (Fsp3) is 0.625. The van der Waals surface area contributed by atoms with Crippen molar-refractivity contribution >= 4 is 0 Å². The van der Waals surface area contributed by atoms with Gasteiger partial charge in [-0.1, -0.05) is 6.07 Å². The molecule has 1 rings (SSSR count). The molecule has 2 heteroatoms. The van der Waals surface area contributed by atoms with Gasteiger partial charge in [0.1, 0.15) is 0 Å². The Hall–Kier alpha value is -0.860. The number of hydrogen-bond acceptors (Lipinski definition) is 2. The highest BCUT2D eigenvalue weighted by molar-refractivity contribution is 5.44. The van der Waals surface area contributed by atoms with Gasteiger partial charge in [-0.3, -0.25) is 0 Å². The molecule has 0 aliphatic carbocycles. The molecular weight excluding hydrogens is 222 g/mol. The SMILES string of the molecule is Cc1cc(C)c(C)c(CCNCCCCO)c1C. The van der Waals surface area contributed by atoms with E-state index in [4.69, 9.17) is 5.11 Å². The van der Waals surface area contributed by atoms with Gasteiger partial charge in [-0.2, -0.15) is 0 Å². The van der Waals surface area contributed by atoms with Gasteiger partial charge in [-0.05, 0) is 87.9 Å². The van der Waals surface area contributed by atoms with Crippen molar-refractivity contribution in [3.63, 3.8) is 0 Å². The van der Waals surface area contributed by atoms with E-state index in [0.29, 0.717) is 6.61 Å². The molecule has 1 aromatic rings. The quantitative estimate of drug-likeness (QED) is 0.728. The molecule has 2 N–H and O–H groups in total. The minimum Gasteiger partial charge on any atom is -0.396 e. The first-order chi connectivity index (χ1) is 8.57. The fourth-order valence-corrected chi connectivity index (χ4v) is 2.37. The summed E-state index contributed by atoms with van der Waals surface area (Å²) in [6.07, 6.45) is 3.05. The average molecular weight is 249 g/mol. The van der Waals surface area contributed by atoms with Crippen LogP contribution in [0, 0.1) is 27.7 Å². The predicted octanol–water partition coefficient (Wildman–Crippen LogP) is 2.82. The van der Waals surface area contributed by atoms with Crippen molar-refractivity contribution in [3.05, 3.63) is 33.9 Å². The van der Waals surface area contributed by atoms with Gasteiger partial charge in [-0.25, -0.2) is 0 Å². The molecule has 0 radical (unpaired) electrons. The van der Waals surface area contributed by atoms with Crippen LogP contribution in [0.3, 0.4) is 0 Å². The van der Waals surface area contributed by atoms with Crippen molar-refractivity contribution in [2.24, 2.45) is 0 Å². The van der Waals surface area contributed by atoms with E-state index in [9.17, 15) is 0 Å². The Balaban J connectivity index is 2.52. The van der Waals surface area contributed by atoms with Crippen LogP contribution >= 0.6 is 0 Å². The molecule has 0 atom stereocenters. The minimum atomic E-state index is 0.303. The summed E-state index contributed by atoms with van der Waals surface area (Å²) in [6, 6.07) is 2.28. The van der Waals surface area contributed by atoms with Crippen molar-refractivity contribution in [3.8, 4) is 0 Å². The minimum absolute atomic E-state index is 0.303. The van der Waals surface area contributed by atoms with Crippen LogP contribution in [0.1, 0.15) is 40.7 Å². The number of aliphatic hydroxyl groups is 1. The van der Waals surface area contributed by atoms with Crippen LogP contribution in [0.25, 0.3) is 0 Å². The fourth-order valence-electron chi connectivity index (χ4n) is 2.37. The van der Waals surface area contributed by atoms with Crippen molar-refractivity contribution in [1.29, 1.82) is 0 Å². The van der Waals surface area contributed by atoms with Crippen LogP contribution in [-0.2, 0) is 6.42 Å². The second-order valence-corrected chi connectivity index (χ2v) is 5.17. The van der Waals surface area contributed by atoms with Crippen molar-refractivity contribution in [2.45, 2.75) is 47.0 Å². The molecule has 1 aromatic carbocycles. The van der Waals surface area contributed by atoms with Gasteiger partial charge < -0.3 is 10.4 Å². The van der Waals surface area contributed by atoms with Crippen molar-refractivity contribution < 1.29 is 5.11 Å². The lowest BCUT2D eigenvalue weighted by molar-refractivity contribution is 0.284. The molecule has 0 fully saturated rings. The molecule has 0 aliphatic heterocycles. The smallest absolute Gasteiger partial charge is 0.0431 e. The largest absolute Gasteiger partial charge is 0.396 e. The summed E-state index contributed by atoms with van der Waals surface area (Å²) in [4.78, 5) is 0. The molecular formula is C16H27NO. The summed E-state index contributed by atoms with van der Waals surface area (Å²) >= 11 is 0. The third-order valence-corrected chi connectivity index (χ3v) is 3.83. The molecule has 0 saturated carbocycles. The standard InChI is InChI=1S/C16H27NO/c1-12-11-13(2)15(4)16(14(12)3)7-9-17-8-5-6-10-18/h11,17-18H,5-10H2,1-4H3. The topological polar surface area (TPSA) is 32.3 Å². The molecule has 2 nitrogen and oxygen atoms in total. The average Bonchev–Trinajstić information content (AvgIpc) is 2.35. The third-order valence-electron chi connectivity index (χ3n) is 3.83. The maximum absolute atomic E-state index is 8.71. The zero-order valence-electron chi connectivity index (χ0n) is 12.3. The molecule has 102 valence electrons. The van der Waals surface area contributed by atoms with Crippen LogP contribution in [0.4, 0.5) is 0 Å². The molecule has 0 amide bonds. The van der Waals surface area contributed by atoms with Gasteiger partial charge in [-0.15, -0.1) is 0 Å². The molecule has 0 aliphatic rings. The lowest BCUT2D eigenvalue weighted by atomic mass is 9.92. The summed E-state index contributed by atoms with van der Waals surface area (Å²) in [5.41, 5.74) is 7.18. The van der Waals surface area contributed by atoms with Gasteiger partial charge >= 0.3 is 0 Å². The first-order valence-corrected chi connectivity index (χ1v) is 6.95. The van der Waals surface area contributed by atoms with Crippen LogP contribution < -0.4 is 5.32 Å². The number of rotatable bonds is 7. The summed E-state index contributed by atoms with van der Waals surface area (Å²) in [5, 5.41) is 12.2. The van der Waals surface area contributed by atoms with E-state index >= 15 is 0 Å². The van der Waals surface area contributed by atoms with Gasteiger partial charge in [0.05, 0.1) is 0 Å². The predicted molar refractivity (Wildman–Crippen MR) is 78.3 cm³/mol. The first kappa shape index (κ1) is 15.2. The second-order valence-electron chi connectivity index (χ2n) is 5.17. The summed E-state index contributed by atoms with van der Waals surface area (Å²) in [5.74, 6) is 0. The number of benzene rings is 1. The van der Waals surface area contributed by atoms with E-state index in [1.165, 1.54) is 27.8 Å². The Kier molecular flexibility index (Phi) is 6.37. The van der Waals surface area contributed by atoms with Crippen LogP contribution in [0.15, 0.2) is 6.07 Å². The second kappa shape index (κ2) is 7.55. The number of aryl methyl sites for hydroxylation is 2. The van der Waals surface area contributed by atoms with E-state index in [0.717, 1.165) is 32.4 Å². The summed E-state index contributed by atoms with van der Waals surface area (Å²) in [6.45, 7) is 11.2. The molecule has 18 heavy (non-hydrogen) atoms. The Labute approximate surface area is 111 Å². The Bertz CT molecular complexity index is 359. The molecule has 0 bridgehead atoms. The van der Waals surface area contributed by atoms with E-state index in [2.05, 4.69) is 39.1 Å². The Morgan fingerprint density at radius 2 is 1.56 bits per heavy atom. The number of unbranched alkanes of at least 4 members (excludes halogenated alkanes) is 1. The highest BCUT2D eigenvalue weighted by atomic mass is 16.2. The van der Waals surface area contributed by atoms with Crippen LogP contribution in [0.2, 0.25) is 0 Å². The van der Waals surface area contributed by atoms with Gasteiger partial charge in [0, 0.05) is 6.61 Å². The molecule has 0 unspecified atom stereocenters. The summed E-state index contributed by atoms with van der Waals surface area (Å²) in [7, 11) is 0. The highest BCUT2D eigenvalue weighted by Gasteiger charge is 2.07. The highest BCUT2D eigenvalue weighted by Crippen LogP contribution is 2.21. The normalized spacial score (nSPS) is 10.9. The van der Waals surface area contributed by atoms with E-state index in [1.807, 2.05) is 0 Å². The molecule has 0 spiro atoms. The van der Waals surface area contributed by atoms with Crippen molar-refractivity contribution in [1.82, 2.24) is 5.32 Å². The number of nitrogens with one attached hydrogen (secondary N) is 1. The lowest BCUT2D eigenvalue weighted by Gasteiger charge is -2.15. The van der Waals surface area contributed by atoms with Gasteiger partial charge in [0.2, 0.25) is 0 Å². The number of hydrogen-bond donors (Lipinski definition) is 2. The molecule has 0 aromatic heterocycles. The Morgan fingerprint density at radius 1 is 0.944 bits per heavy atom. The van der Waals surface area contributed by atoms with Crippen LogP contribution in [-0.4, -0.2) is 24.8 Å². The summed E-state index contributed by atoms with van der Waals surface area (Å²) < 4.78 is 0. The maximum Gasteiger partial charge on any atom is 0.0431 e. The zero-order chi connectivity index (χ0) is 13.5. The third kappa shape index (κ3) is 4.11. The van der Waals surface area contributed by atoms with E-state index < -0.39 is 0 Å². The molecule has 0 saturated heterocycles. The molecule has 0 heterocycles. The lowest BCUT2D eigenvalue weighted by Crippen LogP contribution is -2.19. The van der Waals surface area contributed by atoms with Gasteiger partial charge in [0.15, 0.2) is 0 Å². The maximum atomic E-state index is 8.71. The van der Waals surface area contributed by atoms with E-state index in [-0.39, 0.29) is 0 Å². The first-order valence-electron chi connectivity index (χ1n) is 6.95. The monoisotopic (exact) mass is 249 g/mol. The van der Waals surface area contributed by atoms with Crippen LogP contribution in [0.5, 0.6) is 0 Å². The zero-order valence-corrected chi connectivity index (χ0v) is 12.3. The van der Waals surface area contributed by atoms with E-state index in [1.54, 1.807) is 0 Å². The Morgan fingerprint density at radius 3 is 2.11 bits per heavy atom. The van der Waals surface area contributed by atoms with Crippen molar-refractivity contribution in [2.75, 3.05) is 19.7 Å². The number of aliphatic hydroxyl groups excluding tert-OH is 1. The van der Waals surface area contributed by atoms with Gasteiger partial charge in [0.25, 0.3) is 0 Å².